The van der Waals surface area contributed by atoms with Gasteiger partial charge in [0.25, 0.3) is 0 Å². The summed E-state index contributed by atoms with van der Waals surface area (Å²) in [5.41, 5.74) is 0.548. The molecule has 0 saturated carbocycles. The Balaban J connectivity index is 2.97. The van der Waals surface area contributed by atoms with Gasteiger partial charge in [-0.2, -0.15) is 4.39 Å². The van der Waals surface area contributed by atoms with E-state index in [4.69, 9.17) is 5.11 Å². The summed E-state index contributed by atoms with van der Waals surface area (Å²) in [6.07, 6.45) is 0.991. The minimum Gasteiger partial charge on any atom is -0.476 e. The highest BCUT2D eigenvalue weighted by atomic mass is 127. The van der Waals surface area contributed by atoms with Gasteiger partial charge in [-0.15, -0.1) is 0 Å². The van der Waals surface area contributed by atoms with Crippen LogP contribution in [0.2, 0.25) is 0 Å². The van der Waals surface area contributed by atoms with Gasteiger partial charge >= 0.3 is 5.97 Å². The van der Waals surface area contributed by atoms with Gasteiger partial charge in [0.1, 0.15) is 0 Å². The molecule has 4 heteroatoms. The average Bonchev–Trinajstić information content (AvgIpc) is 2.04. The standard InChI is InChI=1S/C9H6FIO2/c10-8(9(12)13)5-6-2-1-3-7(11)4-6/h1-5H,(H,12,13). The molecular formula is C9H6FIO2. The van der Waals surface area contributed by atoms with Gasteiger partial charge in [0.15, 0.2) is 0 Å². The molecule has 1 N–H and O–H groups in total. The van der Waals surface area contributed by atoms with Crippen molar-refractivity contribution >= 4 is 34.6 Å². The van der Waals surface area contributed by atoms with Crippen LogP contribution in [0.4, 0.5) is 4.39 Å². The van der Waals surface area contributed by atoms with Crippen LogP contribution in [0.5, 0.6) is 0 Å². The molecule has 0 aromatic heterocycles. The molecule has 13 heavy (non-hydrogen) atoms. The van der Waals surface area contributed by atoms with Crippen LogP contribution in [-0.2, 0) is 4.79 Å². The molecule has 0 aliphatic rings. The summed E-state index contributed by atoms with van der Waals surface area (Å²) in [5, 5.41) is 8.27. The molecular weight excluding hydrogens is 286 g/mol. The van der Waals surface area contributed by atoms with Gasteiger partial charge in [-0.25, -0.2) is 4.79 Å². The first-order chi connectivity index (χ1) is 6.09. The van der Waals surface area contributed by atoms with Gasteiger partial charge in [0.05, 0.1) is 0 Å². The topological polar surface area (TPSA) is 37.3 Å². The van der Waals surface area contributed by atoms with E-state index in [2.05, 4.69) is 22.6 Å². The van der Waals surface area contributed by atoms with Crippen molar-refractivity contribution in [2.75, 3.05) is 0 Å². The third-order valence-electron chi connectivity index (χ3n) is 1.35. The van der Waals surface area contributed by atoms with Crippen molar-refractivity contribution in [1.82, 2.24) is 0 Å². The van der Waals surface area contributed by atoms with E-state index in [0.717, 1.165) is 9.65 Å². The predicted molar refractivity (Wildman–Crippen MR) is 55.9 cm³/mol. The van der Waals surface area contributed by atoms with Crippen molar-refractivity contribution in [3.8, 4) is 0 Å². The van der Waals surface area contributed by atoms with Crippen LogP contribution in [0.25, 0.3) is 6.08 Å². The van der Waals surface area contributed by atoms with Crippen LogP contribution in [0, 0.1) is 3.57 Å². The number of rotatable bonds is 2. The summed E-state index contributed by atoms with van der Waals surface area (Å²) in [6.45, 7) is 0. The lowest BCUT2D eigenvalue weighted by atomic mass is 10.2. The van der Waals surface area contributed by atoms with E-state index < -0.39 is 11.8 Å². The number of halogens is 2. The zero-order chi connectivity index (χ0) is 9.84. The smallest absolute Gasteiger partial charge is 0.364 e. The maximum absolute atomic E-state index is 12.6. The molecule has 0 unspecified atom stereocenters. The monoisotopic (exact) mass is 292 g/mol. The number of carbonyl (C=O) groups is 1. The number of hydrogen-bond acceptors (Lipinski definition) is 1. The minimum absolute atomic E-state index is 0.548. The molecule has 1 rings (SSSR count). The minimum atomic E-state index is -1.54. The Hall–Kier alpha value is -0.910. The molecule has 0 fully saturated rings. The number of aliphatic carboxylic acids is 1. The van der Waals surface area contributed by atoms with Crippen LogP contribution in [-0.4, -0.2) is 11.1 Å². The molecule has 0 heterocycles. The molecule has 0 aliphatic carbocycles. The molecule has 1 aromatic carbocycles. The van der Waals surface area contributed by atoms with Gasteiger partial charge in [-0.05, 0) is 46.4 Å². The van der Waals surface area contributed by atoms with Gasteiger partial charge in [-0.3, -0.25) is 0 Å². The summed E-state index contributed by atoms with van der Waals surface area (Å²) in [7, 11) is 0. The van der Waals surface area contributed by atoms with E-state index in [0.29, 0.717) is 5.56 Å². The third-order valence-corrected chi connectivity index (χ3v) is 2.02. The lowest BCUT2D eigenvalue weighted by molar-refractivity contribution is -0.134. The maximum atomic E-state index is 12.6. The highest BCUT2D eigenvalue weighted by Gasteiger charge is 2.04. The Bertz CT molecular complexity index is 360. The lowest BCUT2D eigenvalue weighted by Crippen LogP contribution is -1.93. The Morgan fingerprint density at radius 2 is 2.23 bits per heavy atom. The molecule has 0 aliphatic heterocycles. The number of hydrogen-bond donors (Lipinski definition) is 1. The first-order valence-electron chi connectivity index (χ1n) is 3.45. The van der Waals surface area contributed by atoms with Crippen LogP contribution >= 0.6 is 22.6 Å². The molecule has 2 nitrogen and oxygen atoms in total. The quantitative estimate of drug-likeness (QED) is 0.672. The number of benzene rings is 1. The van der Waals surface area contributed by atoms with E-state index in [-0.39, 0.29) is 0 Å². The van der Waals surface area contributed by atoms with E-state index in [1.165, 1.54) is 0 Å². The molecule has 1 aromatic rings. The summed E-state index contributed by atoms with van der Waals surface area (Å²) in [4.78, 5) is 10.1. The Morgan fingerprint density at radius 3 is 2.77 bits per heavy atom. The van der Waals surface area contributed by atoms with E-state index in [9.17, 15) is 9.18 Å². The average molecular weight is 292 g/mol. The summed E-state index contributed by atoms with van der Waals surface area (Å²) in [6, 6.07) is 6.92. The first-order valence-corrected chi connectivity index (χ1v) is 4.53. The van der Waals surface area contributed by atoms with Crippen molar-refractivity contribution in [2.45, 2.75) is 0 Å². The van der Waals surface area contributed by atoms with E-state index in [1.54, 1.807) is 18.2 Å². The summed E-state index contributed by atoms with van der Waals surface area (Å²) >= 11 is 2.07. The second-order valence-electron chi connectivity index (χ2n) is 2.35. The van der Waals surface area contributed by atoms with Gasteiger partial charge in [0.2, 0.25) is 5.83 Å². The first kappa shape index (κ1) is 10.2. The van der Waals surface area contributed by atoms with Crippen LogP contribution in [0.3, 0.4) is 0 Å². The third kappa shape index (κ3) is 3.14. The van der Waals surface area contributed by atoms with Crippen molar-refractivity contribution in [3.63, 3.8) is 0 Å². The van der Waals surface area contributed by atoms with Crippen molar-refractivity contribution in [2.24, 2.45) is 0 Å². The molecule has 0 saturated heterocycles. The zero-order valence-electron chi connectivity index (χ0n) is 6.50. The number of carboxylic acid groups (broad SMARTS) is 1. The molecule has 0 atom stereocenters. The highest BCUT2D eigenvalue weighted by molar-refractivity contribution is 14.1. The number of carboxylic acids is 1. The lowest BCUT2D eigenvalue weighted by Gasteiger charge is -1.94. The molecule has 0 radical (unpaired) electrons. The molecule has 0 spiro atoms. The fraction of sp³-hybridized carbons (Fsp3) is 0. The van der Waals surface area contributed by atoms with Gasteiger partial charge in [0, 0.05) is 3.57 Å². The predicted octanol–water partition coefficient (Wildman–Crippen LogP) is 2.69. The van der Waals surface area contributed by atoms with E-state index in [1.807, 2.05) is 6.07 Å². The van der Waals surface area contributed by atoms with Crippen LogP contribution in [0.15, 0.2) is 30.1 Å². The fourth-order valence-electron chi connectivity index (χ4n) is 0.804. The summed E-state index contributed by atoms with van der Waals surface area (Å²) in [5.74, 6) is -2.69. The second kappa shape index (κ2) is 4.36. The van der Waals surface area contributed by atoms with Gasteiger partial charge < -0.3 is 5.11 Å². The SMILES string of the molecule is O=C(O)C(F)=Cc1cccc(I)c1. The normalized spacial score (nSPS) is 11.4. The molecule has 0 bridgehead atoms. The summed E-state index contributed by atoms with van der Waals surface area (Å²) < 4.78 is 13.5. The van der Waals surface area contributed by atoms with Gasteiger partial charge in [-0.1, -0.05) is 12.1 Å². The molecule has 0 amide bonds. The van der Waals surface area contributed by atoms with E-state index >= 15 is 0 Å². The largest absolute Gasteiger partial charge is 0.476 e. The molecule has 68 valence electrons. The maximum Gasteiger partial charge on any atom is 0.364 e. The van der Waals surface area contributed by atoms with Crippen LogP contribution in [0.1, 0.15) is 5.56 Å². The van der Waals surface area contributed by atoms with Crippen molar-refractivity contribution in [1.29, 1.82) is 0 Å². The zero-order valence-corrected chi connectivity index (χ0v) is 8.66. The second-order valence-corrected chi connectivity index (χ2v) is 3.60. The Labute approximate surface area is 88.2 Å². The van der Waals surface area contributed by atoms with Crippen molar-refractivity contribution < 1.29 is 14.3 Å². The highest BCUT2D eigenvalue weighted by Crippen LogP contribution is 2.12. The fourth-order valence-corrected chi connectivity index (χ4v) is 1.37. The van der Waals surface area contributed by atoms with Crippen molar-refractivity contribution in [3.05, 3.63) is 39.2 Å². The van der Waals surface area contributed by atoms with Crippen LogP contribution < -0.4 is 0 Å². The Kier molecular flexibility index (Phi) is 3.41. The Morgan fingerprint density at radius 1 is 1.54 bits per heavy atom.